The molecule has 0 radical (unpaired) electrons. The second-order valence-electron chi connectivity index (χ2n) is 7.10. The highest BCUT2D eigenvalue weighted by Gasteiger charge is 2.67. The lowest BCUT2D eigenvalue weighted by Crippen LogP contribution is -2.40. The number of rotatable bonds is 6. The zero-order valence-corrected chi connectivity index (χ0v) is 14.4. The fourth-order valence-electron chi connectivity index (χ4n) is 4.20. The van der Waals surface area contributed by atoms with Gasteiger partial charge >= 0.3 is 5.97 Å². The van der Waals surface area contributed by atoms with E-state index in [0.717, 1.165) is 18.4 Å². The Balaban J connectivity index is 1.52. The number of benzene rings is 1. The predicted molar refractivity (Wildman–Crippen MR) is 91.5 cm³/mol. The number of unbranched alkanes of at least 4 members (excludes halogenated alkanes) is 1. The molecule has 1 aromatic carbocycles. The van der Waals surface area contributed by atoms with Crippen LogP contribution < -0.4 is 0 Å². The molecule has 1 spiro atoms. The number of amides is 1. The van der Waals surface area contributed by atoms with Crippen LogP contribution in [0, 0.1) is 11.8 Å². The summed E-state index contributed by atoms with van der Waals surface area (Å²) in [6.07, 6.45) is 5.36. The maximum atomic E-state index is 13.0. The van der Waals surface area contributed by atoms with Crippen molar-refractivity contribution in [3.05, 3.63) is 48.0 Å². The Hall–Kier alpha value is -2.14. The minimum absolute atomic E-state index is 0.00635. The second-order valence-corrected chi connectivity index (χ2v) is 7.10. The van der Waals surface area contributed by atoms with Crippen LogP contribution in [0.3, 0.4) is 0 Å². The lowest BCUT2D eigenvalue weighted by atomic mass is 9.77. The van der Waals surface area contributed by atoms with Crippen molar-refractivity contribution in [2.24, 2.45) is 11.8 Å². The summed E-state index contributed by atoms with van der Waals surface area (Å²) in [6.45, 7) is 3.49. The average Bonchev–Trinajstić information content (AvgIpc) is 3.25. The summed E-state index contributed by atoms with van der Waals surface area (Å²) in [4.78, 5) is 27.4. The monoisotopic (exact) mass is 341 g/mol. The maximum absolute atomic E-state index is 13.0. The molecule has 0 aliphatic carbocycles. The molecule has 5 nitrogen and oxygen atoms in total. The van der Waals surface area contributed by atoms with Crippen molar-refractivity contribution < 1.29 is 19.1 Å². The minimum Gasteiger partial charge on any atom is -0.465 e. The summed E-state index contributed by atoms with van der Waals surface area (Å²) in [6, 6.07) is 9.89. The van der Waals surface area contributed by atoms with Crippen LogP contribution in [-0.4, -0.2) is 41.6 Å². The number of esters is 1. The number of fused-ring (bicyclic) bond motifs is 1. The molecule has 0 saturated carbocycles. The van der Waals surface area contributed by atoms with E-state index < -0.39 is 17.4 Å². The maximum Gasteiger partial charge on any atom is 0.312 e. The van der Waals surface area contributed by atoms with Gasteiger partial charge in [0.1, 0.15) is 11.5 Å². The molecule has 25 heavy (non-hydrogen) atoms. The molecular weight excluding hydrogens is 318 g/mol. The third-order valence-corrected chi connectivity index (χ3v) is 5.41. The zero-order chi connectivity index (χ0) is 17.4. The summed E-state index contributed by atoms with van der Waals surface area (Å²) < 4.78 is 11.5. The molecule has 1 aromatic rings. The molecule has 5 heteroatoms. The number of carbonyl (C=O) groups is 2. The molecule has 0 aromatic heterocycles. The van der Waals surface area contributed by atoms with E-state index in [1.165, 1.54) is 0 Å². The average molecular weight is 341 g/mol. The summed E-state index contributed by atoms with van der Waals surface area (Å²) in [5, 5.41) is 0. The summed E-state index contributed by atoms with van der Waals surface area (Å²) in [7, 11) is 0. The Labute approximate surface area is 147 Å². The molecule has 3 aliphatic rings. The number of ether oxygens (including phenoxy) is 2. The van der Waals surface area contributed by atoms with Gasteiger partial charge in [-0.3, -0.25) is 9.59 Å². The molecule has 3 aliphatic heterocycles. The van der Waals surface area contributed by atoms with E-state index in [4.69, 9.17) is 9.47 Å². The van der Waals surface area contributed by atoms with Gasteiger partial charge in [-0.05, 0) is 12.0 Å². The standard InChI is InChI=1S/C20H23NO4/c1-2-3-11-24-19(23)16-15-9-10-20(25-15)13-21(18(22)17(16)20)12-14-7-5-4-6-8-14/h4-10,15-17H,2-3,11-13H2,1H3. The predicted octanol–water partition coefficient (Wildman–Crippen LogP) is 2.31. The van der Waals surface area contributed by atoms with E-state index in [0.29, 0.717) is 19.7 Å². The number of carbonyl (C=O) groups excluding carboxylic acids is 2. The van der Waals surface area contributed by atoms with E-state index in [9.17, 15) is 9.59 Å². The number of hydrogen-bond acceptors (Lipinski definition) is 4. The molecule has 2 fully saturated rings. The lowest BCUT2D eigenvalue weighted by molar-refractivity contribution is -0.154. The second kappa shape index (κ2) is 6.30. The van der Waals surface area contributed by atoms with Crippen LogP contribution >= 0.6 is 0 Å². The Morgan fingerprint density at radius 1 is 1.36 bits per heavy atom. The van der Waals surface area contributed by atoms with E-state index in [1.807, 2.05) is 49.4 Å². The molecule has 132 valence electrons. The Morgan fingerprint density at radius 3 is 2.92 bits per heavy atom. The van der Waals surface area contributed by atoms with Gasteiger partial charge in [-0.1, -0.05) is 55.8 Å². The Kier molecular flexibility index (Phi) is 4.12. The topological polar surface area (TPSA) is 55.8 Å². The molecule has 2 saturated heterocycles. The highest BCUT2D eigenvalue weighted by Crippen LogP contribution is 2.52. The molecule has 3 heterocycles. The van der Waals surface area contributed by atoms with Crippen molar-refractivity contribution in [1.82, 2.24) is 4.90 Å². The van der Waals surface area contributed by atoms with Crippen LogP contribution in [0.1, 0.15) is 25.3 Å². The molecule has 2 bridgehead atoms. The molecular formula is C20H23NO4. The van der Waals surface area contributed by atoms with Crippen LogP contribution in [-0.2, 0) is 25.6 Å². The van der Waals surface area contributed by atoms with E-state index in [1.54, 1.807) is 4.90 Å². The third-order valence-electron chi connectivity index (χ3n) is 5.41. The highest BCUT2D eigenvalue weighted by atomic mass is 16.6. The van der Waals surface area contributed by atoms with Crippen molar-refractivity contribution in [2.45, 2.75) is 38.0 Å². The van der Waals surface area contributed by atoms with Gasteiger partial charge in [0.2, 0.25) is 5.91 Å². The van der Waals surface area contributed by atoms with Gasteiger partial charge < -0.3 is 14.4 Å². The van der Waals surface area contributed by atoms with Gasteiger partial charge in [-0.15, -0.1) is 0 Å². The zero-order valence-electron chi connectivity index (χ0n) is 14.4. The number of nitrogens with zero attached hydrogens (tertiary/aromatic N) is 1. The Bertz CT molecular complexity index is 701. The fraction of sp³-hybridized carbons (Fsp3) is 0.500. The number of hydrogen-bond donors (Lipinski definition) is 0. The van der Waals surface area contributed by atoms with Gasteiger partial charge in [-0.25, -0.2) is 0 Å². The van der Waals surface area contributed by atoms with Crippen LogP contribution in [0.4, 0.5) is 0 Å². The summed E-state index contributed by atoms with van der Waals surface area (Å²) >= 11 is 0. The molecule has 4 unspecified atom stereocenters. The van der Waals surface area contributed by atoms with Crippen molar-refractivity contribution in [3.8, 4) is 0 Å². The summed E-state index contributed by atoms with van der Waals surface area (Å²) in [5.41, 5.74) is 0.415. The normalized spacial score (nSPS) is 32.3. The van der Waals surface area contributed by atoms with Crippen molar-refractivity contribution >= 4 is 11.9 Å². The van der Waals surface area contributed by atoms with Crippen LogP contribution in [0.25, 0.3) is 0 Å². The fourth-order valence-corrected chi connectivity index (χ4v) is 4.20. The smallest absolute Gasteiger partial charge is 0.312 e. The van der Waals surface area contributed by atoms with E-state index >= 15 is 0 Å². The van der Waals surface area contributed by atoms with Crippen molar-refractivity contribution in [2.75, 3.05) is 13.2 Å². The highest BCUT2D eigenvalue weighted by molar-refractivity contribution is 5.91. The molecule has 0 N–H and O–H groups in total. The van der Waals surface area contributed by atoms with Crippen molar-refractivity contribution in [1.29, 1.82) is 0 Å². The van der Waals surface area contributed by atoms with Gasteiger partial charge in [-0.2, -0.15) is 0 Å². The van der Waals surface area contributed by atoms with Crippen molar-refractivity contribution in [3.63, 3.8) is 0 Å². The first-order chi connectivity index (χ1) is 12.1. The molecule has 4 atom stereocenters. The largest absolute Gasteiger partial charge is 0.465 e. The molecule has 4 rings (SSSR count). The first-order valence-corrected chi connectivity index (χ1v) is 9.01. The van der Waals surface area contributed by atoms with Gasteiger partial charge in [0.25, 0.3) is 0 Å². The minimum atomic E-state index is -0.662. The lowest BCUT2D eigenvalue weighted by Gasteiger charge is -2.22. The van der Waals surface area contributed by atoms with Crippen LogP contribution in [0.2, 0.25) is 0 Å². The van der Waals surface area contributed by atoms with Gasteiger partial charge in [0.15, 0.2) is 0 Å². The first-order valence-electron chi connectivity index (χ1n) is 9.01. The molecule has 1 amide bonds. The van der Waals surface area contributed by atoms with Crippen LogP contribution in [0.5, 0.6) is 0 Å². The van der Waals surface area contributed by atoms with Crippen LogP contribution in [0.15, 0.2) is 42.5 Å². The SMILES string of the molecule is CCCCOC(=O)C1C2C=CC3(CN(Cc4ccccc4)C(=O)C13)O2. The van der Waals surface area contributed by atoms with E-state index in [-0.39, 0.29) is 18.0 Å². The summed E-state index contributed by atoms with van der Waals surface area (Å²) in [5.74, 6) is -1.28. The van der Waals surface area contributed by atoms with E-state index in [2.05, 4.69) is 0 Å². The third kappa shape index (κ3) is 2.67. The van der Waals surface area contributed by atoms with Gasteiger partial charge in [0, 0.05) is 6.54 Å². The quantitative estimate of drug-likeness (QED) is 0.453. The Morgan fingerprint density at radius 2 is 2.16 bits per heavy atom. The van der Waals surface area contributed by atoms with Gasteiger partial charge in [0.05, 0.1) is 25.2 Å². The number of likely N-dealkylation sites (tertiary alicyclic amines) is 1. The first kappa shape index (κ1) is 16.3.